The lowest BCUT2D eigenvalue weighted by atomic mass is 9.99. The normalized spacial score (nSPS) is 13.6. The van der Waals surface area contributed by atoms with Crippen molar-refractivity contribution >= 4 is 5.91 Å². The predicted molar refractivity (Wildman–Crippen MR) is 91.2 cm³/mol. The number of benzene rings is 2. The molecule has 2 aromatic carbocycles. The molecule has 1 aliphatic heterocycles. The van der Waals surface area contributed by atoms with Crippen molar-refractivity contribution in [1.82, 2.24) is 10.1 Å². The minimum absolute atomic E-state index is 0.0948. The van der Waals surface area contributed by atoms with Gasteiger partial charge in [0.1, 0.15) is 0 Å². The highest BCUT2D eigenvalue weighted by Gasteiger charge is 2.21. The number of rotatable bonds is 3. The summed E-state index contributed by atoms with van der Waals surface area (Å²) in [7, 11) is 0. The van der Waals surface area contributed by atoms with Gasteiger partial charge in [-0.25, -0.2) is 0 Å². The average molecular weight is 318 g/mol. The van der Waals surface area contributed by atoms with Crippen LogP contribution in [-0.4, -0.2) is 22.5 Å². The van der Waals surface area contributed by atoms with Crippen LogP contribution in [0.25, 0.3) is 11.3 Å². The van der Waals surface area contributed by atoms with Crippen LogP contribution in [0.3, 0.4) is 0 Å². The van der Waals surface area contributed by atoms with Crippen LogP contribution < -0.4 is 0 Å². The zero-order valence-electron chi connectivity index (χ0n) is 13.3. The van der Waals surface area contributed by atoms with Gasteiger partial charge in [-0.3, -0.25) is 4.79 Å². The molecule has 0 atom stereocenters. The van der Waals surface area contributed by atoms with Gasteiger partial charge in [-0.1, -0.05) is 59.8 Å². The molecule has 24 heavy (non-hydrogen) atoms. The zero-order valence-corrected chi connectivity index (χ0v) is 13.3. The Hall–Kier alpha value is -2.88. The lowest BCUT2D eigenvalue weighted by Gasteiger charge is -2.28. The van der Waals surface area contributed by atoms with Crippen LogP contribution in [0.1, 0.15) is 16.8 Å². The van der Waals surface area contributed by atoms with Gasteiger partial charge >= 0.3 is 0 Å². The van der Waals surface area contributed by atoms with E-state index >= 15 is 0 Å². The SMILES string of the molecule is O=C(Cc1cc(-c2ccccc2)on1)N1CCc2ccccc2C1. The van der Waals surface area contributed by atoms with Gasteiger partial charge in [0, 0.05) is 24.7 Å². The highest BCUT2D eigenvalue weighted by Crippen LogP contribution is 2.22. The monoisotopic (exact) mass is 318 g/mol. The highest BCUT2D eigenvalue weighted by atomic mass is 16.5. The van der Waals surface area contributed by atoms with Crippen LogP contribution in [0.4, 0.5) is 0 Å². The lowest BCUT2D eigenvalue weighted by Crippen LogP contribution is -2.36. The molecule has 0 fully saturated rings. The summed E-state index contributed by atoms with van der Waals surface area (Å²) in [5.74, 6) is 0.791. The Morgan fingerprint density at radius 3 is 2.62 bits per heavy atom. The minimum atomic E-state index is 0.0948. The van der Waals surface area contributed by atoms with Crippen LogP contribution in [-0.2, 0) is 24.2 Å². The molecule has 2 heterocycles. The third-order valence-electron chi connectivity index (χ3n) is 4.43. The molecule has 4 nitrogen and oxygen atoms in total. The first-order chi connectivity index (χ1) is 11.8. The summed E-state index contributed by atoms with van der Waals surface area (Å²) >= 11 is 0. The molecule has 0 saturated carbocycles. The maximum Gasteiger partial charge on any atom is 0.229 e. The highest BCUT2D eigenvalue weighted by molar-refractivity contribution is 5.79. The number of nitrogens with zero attached hydrogens (tertiary/aromatic N) is 2. The van der Waals surface area contributed by atoms with Gasteiger partial charge in [0.15, 0.2) is 5.76 Å². The molecule has 120 valence electrons. The number of fused-ring (bicyclic) bond motifs is 1. The van der Waals surface area contributed by atoms with Crippen molar-refractivity contribution in [2.24, 2.45) is 0 Å². The Morgan fingerprint density at radius 2 is 1.79 bits per heavy atom. The molecule has 0 spiro atoms. The summed E-state index contributed by atoms with van der Waals surface area (Å²) in [4.78, 5) is 14.5. The van der Waals surface area contributed by atoms with Crippen molar-refractivity contribution in [1.29, 1.82) is 0 Å². The van der Waals surface area contributed by atoms with Gasteiger partial charge in [-0.15, -0.1) is 0 Å². The molecule has 0 radical (unpaired) electrons. The average Bonchev–Trinajstić information content (AvgIpc) is 3.10. The van der Waals surface area contributed by atoms with Gasteiger partial charge in [-0.2, -0.15) is 0 Å². The smallest absolute Gasteiger partial charge is 0.229 e. The number of hydrogen-bond donors (Lipinski definition) is 0. The first-order valence-corrected chi connectivity index (χ1v) is 8.15. The molecular weight excluding hydrogens is 300 g/mol. The Morgan fingerprint density at radius 1 is 1.04 bits per heavy atom. The van der Waals surface area contributed by atoms with E-state index in [0.29, 0.717) is 18.0 Å². The third kappa shape index (κ3) is 2.95. The van der Waals surface area contributed by atoms with E-state index in [1.54, 1.807) is 0 Å². The molecule has 0 aliphatic carbocycles. The Kier molecular flexibility index (Phi) is 3.87. The molecule has 0 N–H and O–H groups in total. The van der Waals surface area contributed by atoms with Gasteiger partial charge in [-0.05, 0) is 17.5 Å². The van der Waals surface area contributed by atoms with Gasteiger partial charge < -0.3 is 9.42 Å². The fourth-order valence-corrected chi connectivity index (χ4v) is 3.11. The lowest BCUT2D eigenvalue weighted by molar-refractivity contribution is -0.131. The van der Waals surface area contributed by atoms with Crippen LogP contribution in [0.15, 0.2) is 65.2 Å². The minimum Gasteiger partial charge on any atom is -0.356 e. The summed E-state index contributed by atoms with van der Waals surface area (Å²) in [6.45, 7) is 1.44. The van der Waals surface area contributed by atoms with Crippen molar-refractivity contribution in [2.75, 3.05) is 6.54 Å². The summed E-state index contributed by atoms with van der Waals surface area (Å²) in [5, 5.41) is 4.05. The molecule has 3 aromatic rings. The van der Waals surface area contributed by atoms with Gasteiger partial charge in [0.05, 0.1) is 12.1 Å². The zero-order chi connectivity index (χ0) is 16.4. The van der Waals surface area contributed by atoms with Crippen molar-refractivity contribution in [3.8, 4) is 11.3 Å². The Labute approximate surface area is 140 Å². The second-order valence-corrected chi connectivity index (χ2v) is 6.06. The van der Waals surface area contributed by atoms with Crippen LogP contribution in [0, 0.1) is 0 Å². The van der Waals surface area contributed by atoms with E-state index in [1.165, 1.54) is 11.1 Å². The molecule has 4 heteroatoms. The molecule has 1 amide bonds. The third-order valence-corrected chi connectivity index (χ3v) is 4.43. The van der Waals surface area contributed by atoms with Gasteiger partial charge in [0.25, 0.3) is 0 Å². The van der Waals surface area contributed by atoms with Gasteiger partial charge in [0.2, 0.25) is 5.91 Å². The number of hydrogen-bond acceptors (Lipinski definition) is 3. The number of carbonyl (C=O) groups excluding carboxylic acids is 1. The number of amides is 1. The van der Waals surface area contributed by atoms with E-state index < -0.39 is 0 Å². The summed E-state index contributed by atoms with van der Waals surface area (Å²) in [5.41, 5.74) is 4.23. The summed E-state index contributed by atoms with van der Waals surface area (Å²) in [6, 6.07) is 20.0. The van der Waals surface area contributed by atoms with E-state index in [4.69, 9.17) is 4.52 Å². The molecule has 0 unspecified atom stereocenters. The molecule has 1 aromatic heterocycles. The first kappa shape index (κ1) is 14.7. The summed E-state index contributed by atoms with van der Waals surface area (Å²) in [6.07, 6.45) is 1.19. The van der Waals surface area contributed by atoms with E-state index in [-0.39, 0.29) is 12.3 Å². The standard InChI is InChI=1S/C20H18N2O2/c23-20(22-11-10-15-6-4-5-9-17(15)14-22)13-18-12-19(24-21-18)16-7-2-1-3-8-16/h1-9,12H,10-11,13-14H2. The van der Waals surface area contributed by atoms with E-state index in [2.05, 4.69) is 23.4 Å². The Bertz CT molecular complexity index is 855. The quantitative estimate of drug-likeness (QED) is 0.743. The van der Waals surface area contributed by atoms with Crippen molar-refractivity contribution in [3.05, 3.63) is 77.5 Å². The van der Waals surface area contributed by atoms with Crippen LogP contribution >= 0.6 is 0 Å². The second-order valence-electron chi connectivity index (χ2n) is 6.06. The maximum absolute atomic E-state index is 12.6. The molecular formula is C20H18N2O2. The number of carbonyl (C=O) groups is 1. The van der Waals surface area contributed by atoms with E-state index in [9.17, 15) is 4.79 Å². The predicted octanol–water partition coefficient (Wildman–Crippen LogP) is 3.47. The largest absolute Gasteiger partial charge is 0.356 e. The molecule has 1 aliphatic rings. The fraction of sp³-hybridized carbons (Fsp3) is 0.200. The molecule has 4 rings (SSSR count). The van der Waals surface area contributed by atoms with Crippen molar-refractivity contribution in [3.63, 3.8) is 0 Å². The number of aromatic nitrogens is 1. The Balaban J connectivity index is 1.45. The topological polar surface area (TPSA) is 46.3 Å². The molecule has 0 bridgehead atoms. The van der Waals surface area contributed by atoms with Crippen LogP contribution in [0.5, 0.6) is 0 Å². The van der Waals surface area contributed by atoms with Crippen molar-refractivity contribution in [2.45, 2.75) is 19.4 Å². The van der Waals surface area contributed by atoms with Crippen molar-refractivity contribution < 1.29 is 9.32 Å². The fourth-order valence-electron chi connectivity index (χ4n) is 3.11. The molecule has 0 saturated heterocycles. The second kappa shape index (κ2) is 6.32. The van der Waals surface area contributed by atoms with E-state index in [1.807, 2.05) is 47.4 Å². The summed E-state index contributed by atoms with van der Waals surface area (Å²) < 4.78 is 5.37. The van der Waals surface area contributed by atoms with Crippen LogP contribution in [0.2, 0.25) is 0 Å². The maximum atomic E-state index is 12.6. The first-order valence-electron chi connectivity index (χ1n) is 8.15. The van der Waals surface area contributed by atoms with E-state index in [0.717, 1.165) is 18.5 Å².